The lowest BCUT2D eigenvalue weighted by atomic mass is 9.85. The molecule has 0 aromatic rings. The van der Waals surface area contributed by atoms with Gasteiger partial charge in [-0.3, -0.25) is 0 Å². The first-order valence-electron chi connectivity index (χ1n) is 5.16. The topological polar surface area (TPSA) is 12.0 Å². The maximum Gasteiger partial charge on any atom is 0.0674 e. The van der Waals surface area contributed by atoms with Crippen LogP contribution in [0, 0.1) is 5.92 Å². The van der Waals surface area contributed by atoms with E-state index < -0.39 is 0 Å². The molecule has 2 aliphatic rings. The lowest BCUT2D eigenvalue weighted by molar-refractivity contribution is 0.261. The van der Waals surface area contributed by atoms with E-state index in [1.54, 1.807) is 0 Å². The van der Waals surface area contributed by atoms with E-state index in [2.05, 4.69) is 30.9 Å². The van der Waals surface area contributed by atoms with Crippen LogP contribution in [0.3, 0.4) is 0 Å². The molecular formula is C10H19NS. The quantitative estimate of drug-likeness (QED) is 0.622. The molecule has 1 N–H and O–H groups in total. The Bertz CT molecular complexity index is 167. The normalized spacial score (nSPS) is 48.5. The summed E-state index contributed by atoms with van der Waals surface area (Å²) in [6.07, 6.45) is 5.69. The van der Waals surface area contributed by atoms with E-state index in [9.17, 15) is 0 Å². The van der Waals surface area contributed by atoms with Crippen molar-refractivity contribution in [3.05, 3.63) is 0 Å². The minimum absolute atomic E-state index is 0.470. The summed E-state index contributed by atoms with van der Waals surface area (Å²) >= 11 is 2.19. The molecule has 1 nitrogen and oxygen atoms in total. The predicted octanol–water partition coefficient (Wildman–Crippen LogP) is 2.62. The first kappa shape index (κ1) is 8.89. The van der Waals surface area contributed by atoms with Crippen LogP contribution in [0.2, 0.25) is 0 Å². The predicted molar refractivity (Wildman–Crippen MR) is 55.4 cm³/mol. The Morgan fingerprint density at radius 1 is 1.33 bits per heavy atom. The number of rotatable bonds is 0. The van der Waals surface area contributed by atoms with Crippen molar-refractivity contribution in [2.24, 2.45) is 5.92 Å². The van der Waals surface area contributed by atoms with E-state index in [1.165, 1.54) is 32.2 Å². The second-order valence-corrected chi connectivity index (χ2v) is 6.11. The van der Waals surface area contributed by atoms with Gasteiger partial charge in [-0.05, 0) is 18.8 Å². The molecule has 1 saturated heterocycles. The van der Waals surface area contributed by atoms with Crippen molar-refractivity contribution >= 4 is 11.8 Å². The Morgan fingerprint density at radius 2 is 2.17 bits per heavy atom. The van der Waals surface area contributed by atoms with E-state index in [0.717, 1.165) is 11.2 Å². The fraction of sp³-hybridized carbons (Fsp3) is 1.00. The summed E-state index contributed by atoms with van der Waals surface area (Å²) in [5.74, 6) is 0.876. The maximum atomic E-state index is 3.73. The summed E-state index contributed by atoms with van der Waals surface area (Å²) in [6, 6.07) is 0. The summed E-state index contributed by atoms with van der Waals surface area (Å²) in [7, 11) is 0. The van der Waals surface area contributed by atoms with Crippen LogP contribution >= 0.6 is 11.8 Å². The highest BCUT2D eigenvalue weighted by molar-refractivity contribution is 8.01. The molecule has 2 heteroatoms. The van der Waals surface area contributed by atoms with Crippen molar-refractivity contribution in [1.29, 1.82) is 0 Å². The van der Waals surface area contributed by atoms with Crippen molar-refractivity contribution < 1.29 is 0 Å². The molecule has 1 spiro atoms. The average molecular weight is 185 g/mol. The zero-order chi connectivity index (χ0) is 8.60. The van der Waals surface area contributed by atoms with E-state index in [1.807, 2.05) is 0 Å². The lowest BCUT2D eigenvalue weighted by Gasteiger charge is -2.39. The number of thioether (sulfide) groups is 1. The highest BCUT2D eigenvalue weighted by Crippen LogP contribution is 2.46. The molecule has 2 fully saturated rings. The van der Waals surface area contributed by atoms with Gasteiger partial charge in [0.05, 0.1) is 4.87 Å². The zero-order valence-electron chi connectivity index (χ0n) is 8.10. The van der Waals surface area contributed by atoms with Crippen molar-refractivity contribution in [2.45, 2.75) is 49.7 Å². The van der Waals surface area contributed by atoms with Gasteiger partial charge < -0.3 is 5.32 Å². The SMILES string of the molecule is CC1CNC2(CCCCC2C)S1. The van der Waals surface area contributed by atoms with Crippen LogP contribution in [0.25, 0.3) is 0 Å². The minimum Gasteiger partial charge on any atom is -0.301 e. The summed E-state index contributed by atoms with van der Waals surface area (Å²) in [6.45, 7) is 5.97. The maximum absolute atomic E-state index is 3.73. The standard InChI is InChI=1S/C10H19NS/c1-8-5-3-4-6-10(8)11-7-9(2)12-10/h8-9,11H,3-7H2,1-2H3. The van der Waals surface area contributed by atoms with Crippen molar-refractivity contribution in [3.63, 3.8) is 0 Å². The largest absolute Gasteiger partial charge is 0.301 e. The van der Waals surface area contributed by atoms with Gasteiger partial charge in [-0.15, -0.1) is 11.8 Å². The van der Waals surface area contributed by atoms with Crippen molar-refractivity contribution in [3.8, 4) is 0 Å². The molecule has 0 amide bonds. The smallest absolute Gasteiger partial charge is 0.0674 e. The van der Waals surface area contributed by atoms with E-state index in [4.69, 9.17) is 0 Å². The van der Waals surface area contributed by atoms with Gasteiger partial charge in [-0.1, -0.05) is 26.7 Å². The highest BCUT2D eigenvalue weighted by atomic mass is 32.2. The first-order valence-corrected chi connectivity index (χ1v) is 6.04. The van der Waals surface area contributed by atoms with Gasteiger partial charge in [0.2, 0.25) is 0 Å². The van der Waals surface area contributed by atoms with Gasteiger partial charge >= 0.3 is 0 Å². The Balaban J connectivity index is 2.07. The Kier molecular flexibility index (Phi) is 2.39. The number of nitrogens with one attached hydrogen (secondary N) is 1. The minimum atomic E-state index is 0.470. The fourth-order valence-electron chi connectivity index (χ4n) is 2.51. The van der Waals surface area contributed by atoms with E-state index in [-0.39, 0.29) is 0 Å². The van der Waals surface area contributed by atoms with Crippen LogP contribution in [0.15, 0.2) is 0 Å². The summed E-state index contributed by atoms with van der Waals surface area (Å²) in [5, 5.41) is 4.56. The van der Waals surface area contributed by atoms with Crippen LogP contribution < -0.4 is 5.32 Å². The molecule has 0 radical (unpaired) electrons. The molecule has 1 aliphatic carbocycles. The Hall–Kier alpha value is 0.310. The van der Waals surface area contributed by atoms with Crippen molar-refractivity contribution in [2.75, 3.05) is 6.54 Å². The Morgan fingerprint density at radius 3 is 2.75 bits per heavy atom. The molecule has 70 valence electrons. The molecule has 12 heavy (non-hydrogen) atoms. The summed E-state index contributed by atoms with van der Waals surface area (Å²) in [4.78, 5) is 0.470. The Labute approximate surface area is 79.7 Å². The molecule has 1 heterocycles. The monoisotopic (exact) mass is 185 g/mol. The van der Waals surface area contributed by atoms with Gasteiger partial charge in [0.25, 0.3) is 0 Å². The van der Waals surface area contributed by atoms with Crippen LogP contribution in [0.4, 0.5) is 0 Å². The van der Waals surface area contributed by atoms with Gasteiger partial charge in [0, 0.05) is 11.8 Å². The van der Waals surface area contributed by atoms with Gasteiger partial charge in [0.1, 0.15) is 0 Å². The number of hydrogen-bond donors (Lipinski definition) is 1. The second kappa shape index (κ2) is 3.22. The number of hydrogen-bond acceptors (Lipinski definition) is 2. The van der Waals surface area contributed by atoms with Crippen LogP contribution in [-0.4, -0.2) is 16.7 Å². The molecule has 1 aliphatic heterocycles. The first-order chi connectivity index (χ1) is 5.73. The molecule has 0 bridgehead atoms. The lowest BCUT2D eigenvalue weighted by Crippen LogP contribution is -2.45. The second-order valence-electron chi connectivity index (χ2n) is 4.35. The fourth-order valence-corrected chi connectivity index (χ4v) is 4.18. The third-order valence-corrected chi connectivity index (χ3v) is 5.07. The van der Waals surface area contributed by atoms with Gasteiger partial charge in [-0.2, -0.15) is 0 Å². The van der Waals surface area contributed by atoms with Gasteiger partial charge in [0.15, 0.2) is 0 Å². The van der Waals surface area contributed by atoms with Crippen LogP contribution in [0.1, 0.15) is 39.5 Å². The molecule has 3 unspecified atom stereocenters. The van der Waals surface area contributed by atoms with E-state index in [0.29, 0.717) is 4.87 Å². The summed E-state index contributed by atoms with van der Waals surface area (Å²) < 4.78 is 0. The van der Waals surface area contributed by atoms with Crippen LogP contribution in [0.5, 0.6) is 0 Å². The molecule has 3 atom stereocenters. The molecule has 2 rings (SSSR count). The highest BCUT2D eigenvalue weighted by Gasteiger charge is 2.43. The third-order valence-electron chi connectivity index (χ3n) is 3.33. The molecule has 1 saturated carbocycles. The zero-order valence-corrected chi connectivity index (χ0v) is 8.91. The molecule has 0 aromatic carbocycles. The molecular weight excluding hydrogens is 166 g/mol. The van der Waals surface area contributed by atoms with Crippen molar-refractivity contribution in [1.82, 2.24) is 5.32 Å². The van der Waals surface area contributed by atoms with Crippen LogP contribution in [-0.2, 0) is 0 Å². The van der Waals surface area contributed by atoms with E-state index >= 15 is 0 Å². The summed E-state index contributed by atoms with van der Waals surface area (Å²) in [5.41, 5.74) is 0. The average Bonchev–Trinajstić information content (AvgIpc) is 2.41. The third kappa shape index (κ3) is 1.39. The molecule has 0 aromatic heterocycles. The van der Waals surface area contributed by atoms with Gasteiger partial charge in [-0.25, -0.2) is 0 Å².